The van der Waals surface area contributed by atoms with Crippen LogP contribution in [0.25, 0.3) is 11.0 Å². The zero-order valence-corrected chi connectivity index (χ0v) is 17.7. The number of nitrogens with zero attached hydrogens (tertiary/aromatic N) is 2. The van der Waals surface area contributed by atoms with Crippen molar-refractivity contribution < 1.29 is 18.3 Å². The largest absolute Gasteiger partial charge is 0.453 e. The number of hydrogen-bond acceptors (Lipinski definition) is 4. The van der Waals surface area contributed by atoms with Gasteiger partial charge in [0.1, 0.15) is 23.9 Å². The molecule has 2 N–H and O–H groups in total. The Hall–Kier alpha value is -2.16. The Balaban J connectivity index is 1.85. The Morgan fingerprint density at radius 2 is 1.93 bits per heavy atom. The normalized spacial score (nSPS) is 11.9. The molecule has 0 fully saturated rings. The number of pyridine rings is 1. The molecule has 0 saturated heterocycles. The third kappa shape index (κ3) is 4.63. The van der Waals surface area contributed by atoms with Crippen molar-refractivity contribution in [3.8, 4) is 11.5 Å². The number of rotatable bonds is 7. The maximum atomic E-state index is 14.1. The number of nitrogen functional groups attached to an aromatic ring is 1. The molecule has 9 heteroatoms. The molecular formula is C19H22ClF2N3O2Si. The number of ether oxygens (including phenoxy) is 2. The van der Waals surface area contributed by atoms with E-state index in [0.717, 1.165) is 18.2 Å². The lowest BCUT2D eigenvalue weighted by Crippen LogP contribution is -2.22. The molecule has 0 radical (unpaired) electrons. The fourth-order valence-electron chi connectivity index (χ4n) is 2.60. The minimum Gasteiger partial charge on any atom is -0.453 e. The van der Waals surface area contributed by atoms with Crippen LogP contribution < -0.4 is 10.5 Å². The molecule has 0 aliphatic carbocycles. The molecule has 0 atom stereocenters. The van der Waals surface area contributed by atoms with E-state index in [1.165, 1.54) is 12.3 Å². The summed E-state index contributed by atoms with van der Waals surface area (Å²) in [6, 6.07) is 4.37. The van der Waals surface area contributed by atoms with Crippen molar-refractivity contribution in [2.24, 2.45) is 0 Å². The second-order valence-corrected chi connectivity index (χ2v) is 13.7. The number of hydrogen-bond donors (Lipinski definition) is 1. The topological polar surface area (TPSA) is 62.3 Å². The highest BCUT2D eigenvalue weighted by Crippen LogP contribution is 2.36. The lowest BCUT2D eigenvalue weighted by molar-refractivity contribution is 0.0899. The molecule has 2 heterocycles. The number of benzene rings is 1. The first-order valence-corrected chi connectivity index (χ1v) is 12.9. The highest BCUT2D eigenvalue weighted by molar-refractivity contribution is 6.76. The quantitative estimate of drug-likeness (QED) is 0.301. The molecule has 0 bridgehead atoms. The SMILES string of the molecule is C[Si](C)(C)CCOCn1cc(Cl)c2c(Oc3cc(F)c(N)cc3F)ccnc21. The van der Waals surface area contributed by atoms with Gasteiger partial charge in [-0.15, -0.1) is 0 Å². The molecule has 1 aromatic carbocycles. The number of aromatic nitrogens is 2. The molecule has 3 aromatic rings. The van der Waals surface area contributed by atoms with Crippen LogP contribution in [0.3, 0.4) is 0 Å². The standard InChI is InChI=1S/C19H22ClF2N3O2Si/c1-28(2,3)7-6-26-11-25-10-12(20)18-16(4-5-24-19(18)25)27-17-9-13(21)15(23)8-14(17)22/h4-5,8-10H,6-7,11,23H2,1-3H3. The Bertz CT molecular complexity index is 1000. The smallest absolute Gasteiger partial charge is 0.167 e. The predicted molar refractivity (Wildman–Crippen MR) is 110 cm³/mol. The van der Waals surface area contributed by atoms with Crippen LogP contribution in [0.5, 0.6) is 11.5 Å². The highest BCUT2D eigenvalue weighted by atomic mass is 35.5. The second kappa shape index (κ2) is 8.06. The van der Waals surface area contributed by atoms with Crippen molar-refractivity contribution in [1.82, 2.24) is 9.55 Å². The van der Waals surface area contributed by atoms with E-state index < -0.39 is 19.7 Å². The van der Waals surface area contributed by atoms with Gasteiger partial charge in [0, 0.05) is 39.2 Å². The molecule has 0 unspecified atom stereocenters. The molecule has 3 rings (SSSR count). The van der Waals surface area contributed by atoms with Crippen molar-refractivity contribution in [1.29, 1.82) is 0 Å². The summed E-state index contributed by atoms with van der Waals surface area (Å²) in [5.41, 5.74) is 5.62. The number of fused-ring (bicyclic) bond motifs is 1. The number of halogens is 3. The van der Waals surface area contributed by atoms with E-state index in [0.29, 0.717) is 22.7 Å². The van der Waals surface area contributed by atoms with Crippen LogP contribution in [0.2, 0.25) is 30.7 Å². The molecule has 0 saturated carbocycles. The Morgan fingerprint density at radius 3 is 2.64 bits per heavy atom. The van der Waals surface area contributed by atoms with Gasteiger partial charge >= 0.3 is 0 Å². The van der Waals surface area contributed by atoms with Gasteiger partial charge in [0.2, 0.25) is 0 Å². The van der Waals surface area contributed by atoms with Crippen molar-refractivity contribution in [3.05, 3.63) is 47.2 Å². The Kier molecular flexibility index (Phi) is 5.92. The van der Waals surface area contributed by atoms with Crippen LogP contribution in [0.1, 0.15) is 0 Å². The fourth-order valence-corrected chi connectivity index (χ4v) is 3.66. The van der Waals surface area contributed by atoms with E-state index in [-0.39, 0.29) is 23.9 Å². The molecule has 2 aromatic heterocycles. The summed E-state index contributed by atoms with van der Waals surface area (Å²) >= 11 is 6.35. The predicted octanol–water partition coefficient (Wildman–Crippen LogP) is 5.65. The first-order valence-electron chi connectivity index (χ1n) is 8.79. The van der Waals surface area contributed by atoms with E-state index in [4.69, 9.17) is 26.8 Å². The third-order valence-corrected chi connectivity index (χ3v) is 6.16. The van der Waals surface area contributed by atoms with Gasteiger partial charge in [0.15, 0.2) is 11.6 Å². The molecule has 5 nitrogen and oxygen atoms in total. The third-order valence-electron chi connectivity index (χ3n) is 4.17. The van der Waals surface area contributed by atoms with E-state index in [9.17, 15) is 8.78 Å². The molecule has 0 aliphatic heterocycles. The fraction of sp³-hybridized carbons (Fsp3) is 0.316. The molecule has 0 spiro atoms. The van der Waals surface area contributed by atoms with E-state index in [2.05, 4.69) is 24.6 Å². The molecule has 28 heavy (non-hydrogen) atoms. The minimum atomic E-state index is -1.18. The Morgan fingerprint density at radius 1 is 1.18 bits per heavy atom. The molecule has 150 valence electrons. The summed E-state index contributed by atoms with van der Waals surface area (Å²) in [4.78, 5) is 4.33. The Labute approximate surface area is 168 Å². The summed E-state index contributed by atoms with van der Waals surface area (Å²) in [6.07, 6.45) is 3.19. The van der Waals surface area contributed by atoms with Gasteiger partial charge in [0.25, 0.3) is 0 Å². The van der Waals surface area contributed by atoms with Crippen LogP contribution in [0.4, 0.5) is 14.5 Å². The average Bonchev–Trinajstić information content (AvgIpc) is 2.93. The first kappa shape index (κ1) is 20.6. The zero-order valence-electron chi connectivity index (χ0n) is 15.9. The number of nitrogens with two attached hydrogens (primary N) is 1. The van der Waals surface area contributed by atoms with Crippen molar-refractivity contribution >= 4 is 36.4 Å². The summed E-state index contributed by atoms with van der Waals surface area (Å²) in [6.45, 7) is 7.78. The summed E-state index contributed by atoms with van der Waals surface area (Å²) < 4.78 is 40.9. The van der Waals surface area contributed by atoms with Crippen LogP contribution >= 0.6 is 11.6 Å². The highest BCUT2D eigenvalue weighted by Gasteiger charge is 2.17. The summed E-state index contributed by atoms with van der Waals surface area (Å²) in [5, 5.41) is 0.873. The maximum Gasteiger partial charge on any atom is 0.167 e. The van der Waals surface area contributed by atoms with Crippen LogP contribution in [0, 0.1) is 11.6 Å². The lowest BCUT2D eigenvalue weighted by Gasteiger charge is -2.15. The summed E-state index contributed by atoms with van der Waals surface area (Å²) in [7, 11) is -1.18. The maximum absolute atomic E-state index is 14.1. The van der Waals surface area contributed by atoms with E-state index >= 15 is 0 Å². The van der Waals surface area contributed by atoms with Gasteiger partial charge in [-0.25, -0.2) is 13.8 Å². The molecule has 0 aliphatic rings. The van der Waals surface area contributed by atoms with Crippen molar-refractivity contribution in [2.75, 3.05) is 12.3 Å². The van der Waals surface area contributed by atoms with Crippen LogP contribution in [0.15, 0.2) is 30.6 Å². The summed E-state index contributed by atoms with van der Waals surface area (Å²) in [5.74, 6) is -1.55. The van der Waals surface area contributed by atoms with Gasteiger partial charge in [-0.3, -0.25) is 0 Å². The molecule has 0 amide bonds. The van der Waals surface area contributed by atoms with Gasteiger partial charge < -0.3 is 19.8 Å². The van der Waals surface area contributed by atoms with E-state index in [1.54, 1.807) is 10.8 Å². The van der Waals surface area contributed by atoms with Gasteiger partial charge in [-0.05, 0) is 12.1 Å². The molecular weight excluding hydrogens is 404 g/mol. The van der Waals surface area contributed by atoms with Gasteiger partial charge in [-0.1, -0.05) is 31.2 Å². The first-order chi connectivity index (χ1) is 13.2. The van der Waals surface area contributed by atoms with Crippen molar-refractivity contribution in [3.63, 3.8) is 0 Å². The van der Waals surface area contributed by atoms with E-state index in [1.807, 2.05) is 0 Å². The zero-order chi connectivity index (χ0) is 20.5. The average molecular weight is 426 g/mol. The van der Waals surface area contributed by atoms with Gasteiger partial charge in [-0.2, -0.15) is 0 Å². The van der Waals surface area contributed by atoms with Crippen LogP contribution in [-0.2, 0) is 11.5 Å². The second-order valence-electron chi connectivity index (χ2n) is 7.71. The minimum absolute atomic E-state index is 0.263. The monoisotopic (exact) mass is 425 g/mol. The van der Waals surface area contributed by atoms with Gasteiger partial charge in [0.05, 0.1) is 16.1 Å². The lowest BCUT2D eigenvalue weighted by atomic mass is 10.2. The number of anilines is 1. The van der Waals surface area contributed by atoms with Crippen molar-refractivity contribution in [2.45, 2.75) is 32.4 Å². The van der Waals surface area contributed by atoms with Crippen LogP contribution in [-0.4, -0.2) is 24.2 Å².